The van der Waals surface area contributed by atoms with E-state index in [0.29, 0.717) is 11.3 Å². The normalized spacial score (nSPS) is 11.9. The monoisotopic (exact) mass is 305 g/mol. The van der Waals surface area contributed by atoms with Crippen LogP contribution in [0.5, 0.6) is 0 Å². The van der Waals surface area contributed by atoms with Crippen LogP contribution in [-0.2, 0) is 15.6 Å². The Bertz CT molecular complexity index is 886. The number of nitrogens with zero attached hydrogens (tertiary/aromatic N) is 2. The Morgan fingerprint density at radius 3 is 2.81 bits per heavy atom. The smallest absolute Gasteiger partial charge is 0.186 e. The Labute approximate surface area is 120 Å². The molecule has 3 aromatic rings. The van der Waals surface area contributed by atoms with Gasteiger partial charge in [0.25, 0.3) is 0 Å². The molecule has 5 nitrogen and oxygen atoms in total. The van der Waals surface area contributed by atoms with E-state index in [-0.39, 0.29) is 16.3 Å². The first kappa shape index (κ1) is 13.6. The molecule has 0 fully saturated rings. The van der Waals surface area contributed by atoms with Crippen molar-refractivity contribution in [1.82, 2.24) is 9.38 Å². The van der Waals surface area contributed by atoms with E-state index in [1.165, 1.54) is 6.07 Å². The zero-order valence-corrected chi connectivity index (χ0v) is 11.7. The number of anilines is 1. The molecule has 0 spiro atoms. The van der Waals surface area contributed by atoms with Gasteiger partial charge >= 0.3 is 0 Å². The summed E-state index contributed by atoms with van der Waals surface area (Å²) in [5, 5.41) is 0. The third-order valence-corrected chi connectivity index (χ3v) is 4.76. The fraction of sp³-hybridized carbons (Fsp3) is 0.0714. The summed E-state index contributed by atoms with van der Waals surface area (Å²) in [4.78, 5) is 4.02. The van der Waals surface area contributed by atoms with Crippen LogP contribution in [0.4, 0.5) is 10.1 Å². The zero-order valence-electron chi connectivity index (χ0n) is 10.9. The van der Waals surface area contributed by atoms with Crippen molar-refractivity contribution in [1.29, 1.82) is 0 Å². The van der Waals surface area contributed by atoms with E-state index < -0.39 is 15.7 Å². The lowest BCUT2D eigenvalue weighted by molar-refractivity contribution is 0.590. The minimum Gasteiger partial charge on any atom is -0.398 e. The standard InChI is InChI=1S/C14H12FN3O2S/c15-10-4-5-12(16)13(7-10)21(19,20)9-11-8-18-6-2-1-3-14(18)17-11/h1-8H,9,16H2. The van der Waals surface area contributed by atoms with Crippen molar-refractivity contribution in [2.75, 3.05) is 5.73 Å². The summed E-state index contributed by atoms with van der Waals surface area (Å²) >= 11 is 0. The minimum atomic E-state index is -3.75. The third kappa shape index (κ3) is 2.59. The van der Waals surface area contributed by atoms with Gasteiger partial charge in [0.1, 0.15) is 11.5 Å². The predicted molar refractivity (Wildman–Crippen MR) is 76.9 cm³/mol. The van der Waals surface area contributed by atoms with Crippen LogP contribution in [0.3, 0.4) is 0 Å². The van der Waals surface area contributed by atoms with E-state index in [4.69, 9.17) is 5.73 Å². The van der Waals surface area contributed by atoms with Crippen molar-refractivity contribution in [3.05, 3.63) is 60.3 Å². The molecule has 0 aliphatic heterocycles. The summed E-state index contributed by atoms with van der Waals surface area (Å²) in [5.41, 5.74) is 6.69. The number of sulfone groups is 1. The van der Waals surface area contributed by atoms with Crippen molar-refractivity contribution in [3.8, 4) is 0 Å². The molecule has 108 valence electrons. The number of imidazole rings is 1. The van der Waals surface area contributed by atoms with Gasteiger partial charge in [0.15, 0.2) is 9.84 Å². The van der Waals surface area contributed by atoms with Crippen LogP contribution in [0, 0.1) is 5.82 Å². The van der Waals surface area contributed by atoms with Gasteiger partial charge in [-0.1, -0.05) is 6.07 Å². The average molecular weight is 305 g/mol. The average Bonchev–Trinajstić information content (AvgIpc) is 2.82. The summed E-state index contributed by atoms with van der Waals surface area (Å²) in [6.07, 6.45) is 3.40. The van der Waals surface area contributed by atoms with E-state index in [2.05, 4.69) is 4.98 Å². The lowest BCUT2D eigenvalue weighted by atomic mass is 10.3. The van der Waals surface area contributed by atoms with Gasteiger partial charge in [0.05, 0.1) is 22.0 Å². The molecule has 0 amide bonds. The van der Waals surface area contributed by atoms with Gasteiger partial charge in [-0.25, -0.2) is 17.8 Å². The summed E-state index contributed by atoms with van der Waals surface area (Å²) in [6, 6.07) is 8.70. The molecule has 0 bridgehead atoms. The molecule has 0 saturated heterocycles. The maximum atomic E-state index is 13.2. The van der Waals surface area contributed by atoms with Crippen LogP contribution in [-0.4, -0.2) is 17.8 Å². The molecule has 7 heteroatoms. The number of nitrogen functional groups attached to an aromatic ring is 1. The highest BCUT2D eigenvalue weighted by Crippen LogP contribution is 2.23. The highest BCUT2D eigenvalue weighted by Gasteiger charge is 2.20. The highest BCUT2D eigenvalue weighted by atomic mass is 32.2. The molecule has 0 aliphatic carbocycles. The highest BCUT2D eigenvalue weighted by molar-refractivity contribution is 7.90. The number of fused-ring (bicyclic) bond motifs is 1. The molecule has 0 aliphatic rings. The second kappa shape index (κ2) is 4.85. The molecule has 0 unspecified atom stereocenters. The first-order valence-electron chi connectivity index (χ1n) is 6.16. The molecule has 0 radical (unpaired) electrons. The fourth-order valence-electron chi connectivity index (χ4n) is 2.11. The number of hydrogen-bond donors (Lipinski definition) is 1. The van der Waals surface area contributed by atoms with Crippen molar-refractivity contribution < 1.29 is 12.8 Å². The van der Waals surface area contributed by atoms with Crippen LogP contribution in [0.25, 0.3) is 5.65 Å². The lowest BCUT2D eigenvalue weighted by Gasteiger charge is -2.06. The number of halogens is 1. The predicted octanol–water partition coefficient (Wildman–Crippen LogP) is 2.03. The Kier molecular flexibility index (Phi) is 3.13. The van der Waals surface area contributed by atoms with E-state index in [1.54, 1.807) is 22.9 Å². The molecule has 3 rings (SSSR count). The molecular formula is C14H12FN3O2S. The van der Waals surface area contributed by atoms with Gasteiger partial charge in [-0.3, -0.25) is 0 Å². The van der Waals surface area contributed by atoms with Gasteiger partial charge < -0.3 is 10.1 Å². The SMILES string of the molecule is Nc1ccc(F)cc1S(=O)(=O)Cc1cn2ccccc2n1. The second-order valence-electron chi connectivity index (χ2n) is 4.64. The van der Waals surface area contributed by atoms with Gasteiger partial charge in [0, 0.05) is 12.4 Å². The van der Waals surface area contributed by atoms with Crippen molar-refractivity contribution >= 4 is 21.2 Å². The first-order chi connectivity index (χ1) is 9.95. The number of nitrogens with two attached hydrogens (primary N) is 1. The largest absolute Gasteiger partial charge is 0.398 e. The molecule has 2 N–H and O–H groups in total. The topological polar surface area (TPSA) is 77.5 Å². The number of rotatable bonds is 3. The molecular weight excluding hydrogens is 293 g/mol. The molecule has 21 heavy (non-hydrogen) atoms. The Morgan fingerprint density at radius 2 is 2.05 bits per heavy atom. The summed E-state index contributed by atoms with van der Waals surface area (Å²) in [6.45, 7) is 0. The van der Waals surface area contributed by atoms with Gasteiger partial charge in [-0.15, -0.1) is 0 Å². The van der Waals surface area contributed by atoms with E-state index in [1.807, 2.05) is 12.1 Å². The molecule has 0 atom stereocenters. The number of benzene rings is 1. The van der Waals surface area contributed by atoms with Crippen LogP contribution in [0.15, 0.2) is 53.7 Å². The van der Waals surface area contributed by atoms with Crippen LogP contribution in [0.1, 0.15) is 5.69 Å². The second-order valence-corrected chi connectivity index (χ2v) is 6.60. The maximum Gasteiger partial charge on any atom is 0.186 e. The Morgan fingerprint density at radius 1 is 1.24 bits per heavy atom. The number of aromatic nitrogens is 2. The lowest BCUT2D eigenvalue weighted by Crippen LogP contribution is -2.08. The van der Waals surface area contributed by atoms with Crippen molar-refractivity contribution in [2.45, 2.75) is 10.6 Å². The first-order valence-corrected chi connectivity index (χ1v) is 7.81. The summed E-state index contributed by atoms with van der Waals surface area (Å²) in [5.74, 6) is -0.972. The van der Waals surface area contributed by atoms with Gasteiger partial charge in [-0.2, -0.15) is 0 Å². The summed E-state index contributed by atoms with van der Waals surface area (Å²) < 4.78 is 39.7. The molecule has 1 aromatic carbocycles. The number of hydrogen-bond acceptors (Lipinski definition) is 4. The Balaban J connectivity index is 2.01. The fourth-order valence-corrected chi connectivity index (χ4v) is 3.51. The Hall–Kier alpha value is -2.41. The minimum absolute atomic E-state index is 0.0279. The van der Waals surface area contributed by atoms with E-state index in [9.17, 15) is 12.8 Å². The van der Waals surface area contributed by atoms with Gasteiger partial charge in [-0.05, 0) is 30.3 Å². The summed E-state index contributed by atoms with van der Waals surface area (Å²) in [7, 11) is -3.75. The van der Waals surface area contributed by atoms with Crippen molar-refractivity contribution in [3.63, 3.8) is 0 Å². The quantitative estimate of drug-likeness (QED) is 0.751. The van der Waals surface area contributed by atoms with E-state index >= 15 is 0 Å². The van der Waals surface area contributed by atoms with Crippen LogP contribution < -0.4 is 5.73 Å². The van der Waals surface area contributed by atoms with Crippen molar-refractivity contribution in [2.24, 2.45) is 0 Å². The number of pyridine rings is 1. The zero-order chi connectivity index (χ0) is 15.0. The molecule has 2 aromatic heterocycles. The van der Waals surface area contributed by atoms with Crippen LogP contribution in [0.2, 0.25) is 0 Å². The molecule has 2 heterocycles. The molecule has 0 saturated carbocycles. The third-order valence-electron chi connectivity index (χ3n) is 3.06. The maximum absolute atomic E-state index is 13.2. The van der Waals surface area contributed by atoms with Gasteiger partial charge in [0.2, 0.25) is 0 Å². The van der Waals surface area contributed by atoms with Crippen LogP contribution >= 0.6 is 0 Å². The van der Waals surface area contributed by atoms with E-state index in [0.717, 1.165) is 12.1 Å².